The zero-order valence-electron chi connectivity index (χ0n) is 5.55. The van der Waals surface area contributed by atoms with Gasteiger partial charge in [0.25, 0.3) is 0 Å². The fourth-order valence-corrected chi connectivity index (χ4v) is 0.392. The number of hydrogen-bond donors (Lipinski definition) is 1. The topological polar surface area (TPSA) is 43.1 Å². The van der Waals surface area contributed by atoms with Crippen LogP contribution in [-0.4, -0.2) is 11.8 Å². The van der Waals surface area contributed by atoms with Crippen molar-refractivity contribution in [3.63, 3.8) is 0 Å². The molecule has 2 N–H and O–H groups in total. The molecule has 0 aliphatic carbocycles. The molecule has 2 nitrogen and oxygen atoms in total. The Kier molecular flexibility index (Phi) is 2.88. The molecule has 1 unspecified atom stereocenters. The van der Waals surface area contributed by atoms with Crippen LogP contribution in [0.4, 0.5) is 0 Å². The second-order valence-electron chi connectivity index (χ2n) is 1.91. The van der Waals surface area contributed by atoms with Gasteiger partial charge in [-0.1, -0.05) is 12.7 Å². The first-order chi connectivity index (χ1) is 4.09. The molecule has 0 aromatic carbocycles. The summed E-state index contributed by atoms with van der Waals surface area (Å²) in [4.78, 5) is 10.8. The third-order valence-electron chi connectivity index (χ3n) is 0.977. The first kappa shape index (κ1) is 8.11. The minimum absolute atomic E-state index is 0.148. The van der Waals surface area contributed by atoms with Gasteiger partial charge in [-0.05, 0) is 12.5 Å². The van der Waals surface area contributed by atoms with Crippen LogP contribution in [0.5, 0.6) is 0 Å². The molecule has 0 aromatic heterocycles. The third kappa shape index (κ3) is 2.24. The minimum Gasteiger partial charge on any atom is -0.318 e. The Morgan fingerprint density at radius 1 is 1.78 bits per heavy atom. The van der Waals surface area contributed by atoms with Gasteiger partial charge in [0, 0.05) is 0 Å². The lowest BCUT2D eigenvalue weighted by atomic mass is 10.1. The lowest BCUT2D eigenvalue weighted by Crippen LogP contribution is -2.27. The standard InChI is InChI=1S/C7H11NO/c1-4-6(8)7(9)5(2)3/h4,6H,1-2,8H2,3H3. The lowest BCUT2D eigenvalue weighted by Gasteiger charge is -2.01. The van der Waals surface area contributed by atoms with Crippen molar-refractivity contribution < 1.29 is 4.79 Å². The van der Waals surface area contributed by atoms with Gasteiger partial charge in [0.05, 0.1) is 6.04 Å². The summed E-state index contributed by atoms with van der Waals surface area (Å²) < 4.78 is 0. The SMILES string of the molecule is C=CC(N)C(=O)C(=C)C. The number of hydrogen-bond acceptors (Lipinski definition) is 2. The van der Waals surface area contributed by atoms with Crippen LogP contribution in [0.2, 0.25) is 0 Å². The molecule has 0 saturated carbocycles. The second kappa shape index (κ2) is 3.20. The van der Waals surface area contributed by atoms with E-state index in [2.05, 4.69) is 13.2 Å². The van der Waals surface area contributed by atoms with Crippen molar-refractivity contribution >= 4 is 5.78 Å². The normalized spacial score (nSPS) is 12.2. The first-order valence-corrected chi connectivity index (χ1v) is 2.67. The van der Waals surface area contributed by atoms with Crippen LogP contribution in [0, 0.1) is 0 Å². The van der Waals surface area contributed by atoms with Gasteiger partial charge < -0.3 is 5.73 Å². The molecule has 0 aromatic rings. The highest BCUT2D eigenvalue weighted by molar-refractivity contribution is 5.99. The van der Waals surface area contributed by atoms with Gasteiger partial charge in [0.15, 0.2) is 5.78 Å². The number of rotatable bonds is 3. The maximum absolute atomic E-state index is 10.8. The highest BCUT2D eigenvalue weighted by atomic mass is 16.1. The number of nitrogens with two attached hydrogens (primary N) is 1. The van der Waals surface area contributed by atoms with E-state index in [4.69, 9.17) is 5.73 Å². The van der Waals surface area contributed by atoms with Crippen LogP contribution in [-0.2, 0) is 4.79 Å². The van der Waals surface area contributed by atoms with Gasteiger partial charge >= 0.3 is 0 Å². The maximum atomic E-state index is 10.8. The summed E-state index contributed by atoms with van der Waals surface area (Å²) in [5.41, 5.74) is 5.76. The van der Waals surface area contributed by atoms with Crippen molar-refractivity contribution in [1.29, 1.82) is 0 Å². The summed E-state index contributed by atoms with van der Waals surface area (Å²) in [6, 6.07) is -0.581. The molecule has 0 bridgehead atoms. The molecule has 0 aliphatic rings. The van der Waals surface area contributed by atoms with Crippen molar-refractivity contribution in [3.8, 4) is 0 Å². The zero-order valence-corrected chi connectivity index (χ0v) is 5.55. The lowest BCUT2D eigenvalue weighted by molar-refractivity contribution is -0.115. The van der Waals surface area contributed by atoms with Crippen molar-refractivity contribution in [2.75, 3.05) is 0 Å². The molecule has 0 radical (unpaired) electrons. The summed E-state index contributed by atoms with van der Waals surface area (Å²) in [6.45, 7) is 8.45. The molecule has 0 rings (SSSR count). The highest BCUT2D eigenvalue weighted by Crippen LogP contribution is 1.93. The van der Waals surface area contributed by atoms with Crippen molar-refractivity contribution in [3.05, 3.63) is 24.8 Å². The Hall–Kier alpha value is -0.890. The van der Waals surface area contributed by atoms with E-state index in [1.807, 2.05) is 0 Å². The predicted octanol–water partition coefficient (Wildman–Crippen LogP) is 0.645. The quantitative estimate of drug-likeness (QED) is 0.444. The molecule has 0 heterocycles. The highest BCUT2D eigenvalue weighted by Gasteiger charge is 2.08. The van der Waals surface area contributed by atoms with Gasteiger partial charge in [0.1, 0.15) is 0 Å². The zero-order chi connectivity index (χ0) is 7.44. The van der Waals surface area contributed by atoms with Gasteiger partial charge in [-0.15, -0.1) is 6.58 Å². The van der Waals surface area contributed by atoms with E-state index in [0.717, 1.165) is 0 Å². The molecule has 0 saturated heterocycles. The Morgan fingerprint density at radius 2 is 2.22 bits per heavy atom. The van der Waals surface area contributed by atoms with Crippen LogP contribution < -0.4 is 5.73 Å². The summed E-state index contributed by atoms with van der Waals surface area (Å²) >= 11 is 0. The maximum Gasteiger partial charge on any atom is 0.178 e. The minimum atomic E-state index is -0.581. The molecule has 1 atom stereocenters. The number of carbonyl (C=O) groups is 1. The summed E-state index contributed by atoms with van der Waals surface area (Å²) in [6.07, 6.45) is 1.40. The number of carbonyl (C=O) groups excluding carboxylic acids is 1. The van der Waals surface area contributed by atoms with Crippen molar-refractivity contribution in [1.82, 2.24) is 0 Å². The van der Waals surface area contributed by atoms with E-state index in [1.54, 1.807) is 6.92 Å². The van der Waals surface area contributed by atoms with Crippen LogP contribution in [0.25, 0.3) is 0 Å². The summed E-state index contributed by atoms with van der Waals surface area (Å²) in [7, 11) is 0. The van der Waals surface area contributed by atoms with E-state index in [-0.39, 0.29) is 5.78 Å². The predicted molar refractivity (Wildman–Crippen MR) is 38.0 cm³/mol. The van der Waals surface area contributed by atoms with Crippen LogP contribution in [0.15, 0.2) is 24.8 Å². The van der Waals surface area contributed by atoms with E-state index < -0.39 is 6.04 Å². The van der Waals surface area contributed by atoms with E-state index in [9.17, 15) is 4.79 Å². The molecule has 0 spiro atoms. The smallest absolute Gasteiger partial charge is 0.178 e. The Balaban J connectivity index is 4.03. The molecule has 0 fully saturated rings. The molecular weight excluding hydrogens is 114 g/mol. The van der Waals surface area contributed by atoms with Gasteiger partial charge in [-0.3, -0.25) is 4.79 Å². The average Bonchev–Trinajstić information content (AvgIpc) is 1.84. The van der Waals surface area contributed by atoms with Crippen LogP contribution in [0.1, 0.15) is 6.92 Å². The monoisotopic (exact) mass is 125 g/mol. The van der Waals surface area contributed by atoms with Crippen molar-refractivity contribution in [2.24, 2.45) is 5.73 Å². The summed E-state index contributed by atoms with van der Waals surface area (Å²) in [5.74, 6) is -0.148. The van der Waals surface area contributed by atoms with E-state index in [1.165, 1.54) is 6.08 Å². The van der Waals surface area contributed by atoms with E-state index in [0.29, 0.717) is 5.57 Å². The second-order valence-corrected chi connectivity index (χ2v) is 1.91. The molecule has 9 heavy (non-hydrogen) atoms. The van der Waals surface area contributed by atoms with Crippen LogP contribution in [0.3, 0.4) is 0 Å². The Morgan fingerprint density at radius 3 is 2.33 bits per heavy atom. The summed E-state index contributed by atoms with van der Waals surface area (Å²) in [5, 5.41) is 0. The molecule has 0 amide bonds. The Labute approximate surface area is 55.1 Å². The molecule has 2 heteroatoms. The average molecular weight is 125 g/mol. The largest absolute Gasteiger partial charge is 0.318 e. The number of Topliss-reactive ketones (excluding diaryl/α,β-unsaturated/α-hetero) is 1. The molecule has 0 aliphatic heterocycles. The fraction of sp³-hybridized carbons (Fsp3) is 0.286. The third-order valence-corrected chi connectivity index (χ3v) is 0.977. The van der Waals surface area contributed by atoms with Gasteiger partial charge in [-0.25, -0.2) is 0 Å². The fourth-order valence-electron chi connectivity index (χ4n) is 0.392. The number of ketones is 1. The van der Waals surface area contributed by atoms with Crippen molar-refractivity contribution in [2.45, 2.75) is 13.0 Å². The molecule has 50 valence electrons. The van der Waals surface area contributed by atoms with Gasteiger partial charge in [0.2, 0.25) is 0 Å². The van der Waals surface area contributed by atoms with Gasteiger partial charge in [-0.2, -0.15) is 0 Å². The Bertz CT molecular complexity index is 149. The molecular formula is C7H11NO. The van der Waals surface area contributed by atoms with E-state index >= 15 is 0 Å². The van der Waals surface area contributed by atoms with Crippen LogP contribution >= 0.6 is 0 Å². The first-order valence-electron chi connectivity index (χ1n) is 2.67.